The van der Waals surface area contributed by atoms with Gasteiger partial charge in [0.05, 0.1) is 3.79 Å². The van der Waals surface area contributed by atoms with E-state index in [0.29, 0.717) is 0 Å². The largest absolute Gasteiger partial charge is 0.327 e. The first kappa shape index (κ1) is 11.8. The van der Waals surface area contributed by atoms with Crippen LogP contribution in [0.25, 0.3) is 0 Å². The number of hydrogen-bond acceptors (Lipinski definition) is 3. The lowest BCUT2D eigenvalue weighted by molar-refractivity contribution is 0.660. The van der Waals surface area contributed by atoms with Crippen molar-refractivity contribution in [3.05, 3.63) is 50.9 Å². The second-order valence-corrected chi connectivity index (χ2v) is 6.24. The Bertz CT molecular complexity index is 441. The summed E-state index contributed by atoms with van der Waals surface area (Å²) in [4.78, 5) is 5.59. The quantitative estimate of drug-likeness (QED) is 0.942. The predicted octanol–water partition coefficient (Wildman–Crippen LogP) is 3.02. The number of pyridine rings is 1. The van der Waals surface area contributed by atoms with Crippen LogP contribution in [0.5, 0.6) is 0 Å². The number of nitrogens with zero attached hydrogens (tertiary/aromatic N) is 1. The Morgan fingerprint density at radius 2 is 2.12 bits per heavy atom. The first-order valence-corrected chi connectivity index (χ1v) is 6.74. The fourth-order valence-electron chi connectivity index (χ4n) is 1.58. The number of halogens is 1. The highest BCUT2D eigenvalue weighted by Crippen LogP contribution is 2.23. The van der Waals surface area contributed by atoms with Crippen molar-refractivity contribution in [1.82, 2.24) is 4.98 Å². The molecule has 0 aliphatic heterocycles. The van der Waals surface area contributed by atoms with Crippen molar-refractivity contribution < 1.29 is 0 Å². The highest BCUT2D eigenvalue weighted by Gasteiger charge is 2.07. The maximum atomic E-state index is 6.10. The van der Waals surface area contributed by atoms with E-state index >= 15 is 0 Å². The summed E-state index contributed by atoms with van der Waals surface area (Å²) in [6.45, 7) is 0. The van der Waals surface area contributed by atoms with Gasteiger partial charge in [-0.15, -0.1) is 11.3 Å². The van der Waals surface area contributed by atoms with E-state index in [9.17, 15) is 0 Å². The third kappa shape index (κ3) is 3.40. The molecule has 1 atom stereocenters. The van der Waals surface area contributed by atoms with Crippen molar-refractivity contribution in [1.29, 1.82) is 0 Å². The molecule has 0 aliphatic carbocycles. The van der Waals surface area contributed by atoms with Crippen molar-refractivity contribution >= 4 is 27.3 Å². The molecule has 2 heterocycles. The first-order valence-electron chi connectivity index (χ1n) is 5.14. The maximum absolute atomic E-state index is 6.10. The Kier molecular flexibility index (Phi) is 4.09. The molecule has 0 aliphatic rings. The summed E-state index contributed by atoms with van der Waals surface area (Å²) in [5, 5.41) is 0. The first-order chi connectivity index (χ1) is 7.74. The molecule has 0 radical (unpaired) electrons. The molecule has 0 amide bonds. The van der Waals surface area contributed by atoms with E-state index in [0.717, 1.165) is 22.3 Å². The minimum absolute atomic E-state index is 0.139. The van der Waals surface area contributed by atoms with E-state index in [1.54, 1.807) is 11.3 Å². The van der Waals surface area contributed by atoms with E-state index in [1.165, 1.54) is 4.88 Å². The van der Waals surface area contributed by atoms with Crippen molar-refractivity contribution in [2.24, 2.45) is 5.73 Å². The highest BCUT2D eigenvalue weighted by molar-refractivity contribution is 9.11. The van der Waals surface area contributed by atoms with Crippen LogP contribution in [0.2, 0.25) is 0 Å². The Morgan fingerprint density at radius 3 is 2.75 bits per heavy atom. The number of thiophene rings is 1. The van der Waals surface area contributed by atoms with Crippen LogP contribution in [-0.4, -0.2) is 11.0 Å². The lowest BCUT2D eigenvalue weighted by Gasteiger charge is -2.09. The fourth-order valence-corrected chi connectivity index (χ4v) is 3.16. The summed E-state index contributed by atoms with van der Waals surface area (Å²) in [6, 6.07) is 10.3. The average molecular weight is 297 g/mol. The van der Waals surface area contributed by atoms with Gasteiger partial charge in [0.25, 0.3) is 0 Å². The summed E-state index contributed by atoms with van der Waals surface area (Å²) in [5.41, 5.74) is 7.16. The van der Waals surface area contributed by atoms with Crippen molar-refractivity contribution in [3.8, 4) is 0 Å². The summed E-state index contributed by atoms with van der Waals surface area (Å²) in [7, 11) is 0. The van der Waals surface area contributed by atoms with E-state index < -0.39 is 0 Å². The summed E-state index contributed by atoms with van der Waals surface area (Å²) < 4.78 is 1.16. The SMILES string of the molecule is NC(Cc1ccccn1)Cc1ccc(Br)s1. The number of aromatic nitrogens is 1. The van der Waals surface area contributed by atoms with Crippen molar-refractivity contribution in [2.75, 3.05) is 0 Å². The van der Waals surface area contributed by atoms with Gasteiger partial charge in [0.15, 0.2) is 0 Å². The molecule has 0 saturated heterocycles. The van der Waals surface area contributed by atoms with Gasteiger partial charge in [-0.3, -0.25) is 4.98 Å². The van der Waals surface area contributed by atoms with Gasteiger partial charge < -0.3 is 5.73 Å². The van der Waals surface area contributed by atoms with E-state index in [1.807, 2.05) is 24.4 Å². The number of hydrogen-bond donors (Lipinski definition) is 1. The van der Waals surface area contributed by atoms with E-state index in [4.69, 9.17) is 5.73 Å². The van der Waals surface area contributed by atoms with Crippen molar-refractivity contribution in [2.45, 2.75) is 18.9 Å². The Hall–Kier alpha value is -0.710. The standard InChI is InChI=1S/C12H13BrN2S/c13-12-5-4-11(16-12)8-9(14)7-10-3-1-2-6-15-10/h1-6,9H,7-8,14H2. The normalized spacial score (nSPS) is 12.6. The zero-order chi connectivity index (χ0) is 11.4. The van der Waals surface area contributed by atoms with Crippen LogP contribution in [0.1, 0.15) is 10.6 Å². The second kappa shape index (κ2) is 5.57. The monoisotopic (exact) mass is 296 g/mol. The maximum Gasteiger partial charge on any atom is 0.0701 e. The smallest absolute Gasteiger partial charge is 0.0701 e. The molecule has 0 aromatic carbocycles. The molecule has 2 rings (SSSR count). The molecule has 0 spiro atoms. The molecule has 2 aromatic heterocycles. The van der Waals surface area contributed by atoms with Gasteiger partial charge >= 0.3 is 0 Å². The van der Waals surface area contributed by atoms with Crippen LogP contribution in [0.3, 0.4) is 0 Å². The van der Waals surface area contributed by atoms with Crippen LogP contribution < -0.4 is 5.73 Å². The van der Waals surface area contributed by atoms with Crippen LogP contribution in [0, 0.1) is 0 Å². The predicted molar refractivity (Wildman–Crippen MR) is 71.6 cm³/mol. The van der Waals surface area contributed by atoms with Crippen LogP contribution in [0.4, 0.5) is 0 Å². The molecule has 2 N–H and O–H groups in total. The third-order valence-electron chi connectivity index (χ3n) is 2.29. The Morgan fingerprint density at radius 1 is 1.25 bits per heavy atom. The molecule has 16 heavy (non-hydrogen) atoms. The third-order valence-corrected chi connectivity index (χ3v) is 3.94. The van der Waals surface area contributed by atoms with Crippen LogP contribution in [-0.2, 0) is 12.8 Å². The minimum atomic E-state index is 0.139. The highest BCUT2D eigenvalue weighted by atomic mass is 79.9. The lowest BCUT2D eigenvalue weighted by Crippen LogP contribution is -2.25. The van der Waals surface area contributed by atoms with E-state index in [-0.39, 0.29) is 6.04 Å². The van der Waals surface area contributed by atoms with Gasteiger partial charge in [-0.2, -0.15) is 0 Å². The summed E-state index contributed by atoms with van der Waals surface area (Å²) >= 11 is 5.20. The zero-order valence-electron chi connectivity index (χ0n) is 8.77. The van der Waals surface area contributed by atoms with E-state index in [2.05, 4.69) is 33.0 Å². The molecule has 0 saturated carbocycles. The molecule has 1 unspecified atom stereocenters. The van der Waals surface area contributed by atoms with Gasteiger partial charge in [0, 0.05) is 29.2 Å². The fraction of sp³-hybridized carbons (Fsp3) is 0.250. The summed E-state index contributed by atoms with van der Waals surface area (Å²) in [6.07, 6.45) is 3.55. The second-order valence-electron chi connectivity index (χ2n) is 3.70. The Labute approximate surface area is 108 Å². The minimum Gasteiger partial charge on any atom is -0.327 e. The molecule has 0 fully saturated rings. The average Bonchev–Trinajstić information content (AvgIpc) is 2.65. The van der Waals surface area contributed by atoms with Crippen LogP contribution >= 0.6 is 27.3 Å². The van der Waals surface area contributed by atoms with Gasteiger partial charge in [-0.25, -0.2) is 0 Å². The van der Waals surface area contributed by atoms with Gasteiger partial charge in [0.2, 0.25) is 0 Å². The molecule has 2 nitrogen and oxygen atoms in total. The van der Waals surface area contributed by atoms with Gasteiger partial charge in [-0.1, -0.05) is 6.07 Å². The molecule has 0 bridgehead atoms. The Balaban J connectivity index is 1.92. The molecular weight excluding hydrogens is 284 g/mol. The molecular formula is C12H13BrN2S. The van der Waals surface area contributed by atoms with Gasteiger partial charge in [0.1, 0.15) is 0 Å². The van der Waals surface area contributed by atoms with Crippen molar-refractivity contribution in [3.63, 3.8) is 0 Å². The van der Waals surface area contributed by atoms with Crippen LogP contribution in [0.15, 0.2) is 40.3 Å². The molecule has 2 aromatic rings. The van der Waals surface area contributed by atoms with Gasteiger partial charge in [-0.05, 0) is 46.6 Å². The topological polar surface area (TPSA) is 38.9 Å². The summed E-state index contributed by atoms with van der Waals surface area (Å²) in [5.74, 6) is 0. The lowest BCUT2D eigenvalue weighted by atomic mass is 10.1. The number of nitrogens with two attached hydrogens (primary N) is 1. The number of rotatable bonds is 4. The zero-order valence-corrected chi connectivity index (χ0v) is 11.2. The molecule has 4 heteroatoms. The molecule has 84 valence electrons.